The summed E-state index contributed by atoms with van der Waals surface area (Å²) in [6.45, 7) is 1.91. The van der Waals surface area contributed by atoms with Crippen LogP contribution in [0.1, 0.15) is 21.5 Å². The summed E-state index contributed by atoms with van der Waals surface area (Å²) < 4.78 is 38.8. The van der Waals surface area contributed by atoms with E-state index in [1.54, 1.807) is 30.3 Å². The summed E-state index contributed by atoms with van der Waals surface area (Å²) in [6, 6.07) is 18.6. The number of nitrogens with one attached hydrogen (secondary N) is 2. The summed E-state index contributed by atoms with van der Waals surface area (Å²) in [7, 11) is 0. The quantitative estimate of drug-likeness (QED) is 0.342. The Morgan fingerprint density at radius 1 is 0.938 bits per heavy atom. The number of carbonyl (C=O) groups is 1. The van der Waals surface area contributed by atoms with E-state index in [0.29, 0.717) is 22.0 Å². The number of rotatable bonds is 4. The number of benzene rings is 3. The molecule has 0 bridgehead atoms. The molecule has 4 aromatic rings. The van der Waals surface area contributed by atoms with Crippen LogP contribution in [0.2, 0.25) is 5.02 Å². The van der Waals surface area contributed by atoms with Crippen LogP contribution in [0.25, 0.3) is 10.9 Å². The van der Waals surface area contributed by atoms with Crippen LogP contribution in [0.3, 0.4) is 0 Å². The van der Waals surface area contributed by atoms with Crippen molar-refractivity contribution in [3.8, 4) is 0 Å². The Kier molecular flexibility index (Phi) is 5.76. The van der Waals surface area contributed by atoms with Gasteiger partial charge in [-0.1, -0.05) is 23.7 Å². The zero-order chi connectivity index (χ0) is 22.9. The van der Waals surface area contributed by atoms with Crippen molar-refractivity contribution in [3.63, 3.8) is 0 Å². The zero-order valence-corrected chi connectivity index (χ0v) is 17.6. The first kappa shape index (κ1) is 21.6. The Morgan fingerprint density at radius 3 is 2.47 bits per heavy atom. The predicted molar refractivity (Wildman–Crippen MR) is 121 cm³/mol. The number of pyridine rings is 1. The lowest BCUT2D eigenvalue weighted by atomic mass is 10.1. The van der Waals surface area contributed by atoms with Gasteiger partial charge in [0, 0.05) is 27.3 Å². The van der Waals surface area contributed by atoms with Gasteiger partial charge in [-0.15, -0.1) is 0 Å². The maximum Gasteiger partial charge on any atom is 0.416 e. The molecule has 8 heteroatoms. The molecule has 0 aliphatic heterocycles. The standard InChI is InChI=1S/C24H17ClF3N3O/c1-14-10-22(29-18-7-3-6-17(25)12-18)31-21-9-8-19(13-20(14)21)30-23(32)15-4-2-5-16(11-15)24(26,27)28/h2-13H,1H3,(H,29,31)(H,30,32). The van der Waals surface area contributed by atoms with Crippen LogP contribution in [0.5, 0.6) is 0 Å². The average molecular weight is 456 g/mol. The highest BCUT2D eigenvalue weighted by Gasteiger charge is 2.30. The van der Waals surface area contributed by atoms with Crippen LogP contribution < -0.4 is 10.6 Å². The van der Waals surface area contributed by atoms with Crippen LogP contribution in [0.15, 0.2) is 72.8 Å². The van der Waals surface area contributed by atoms with Crippen molar-refractivity contribution in [2.24, 2.45) is 0 Å². The smallest absolute Gasteiger partial charge is 0.340 e. The second-order valence-electron chi connectivity index (χ2n) is 7.22. The van der Waals surface area contributed by atoms with Crippen molar-refractivity contribution in [3.05, 3.63) is 94.5 Å². The van der Waals surface area contributed by atoms with Crippen molar-refractivity contribution in [1.82, 2.24) is 4.98 Å². The van der Waals surface area contributed by atoms with Crippen molar-refractivity contribution in [2.75, 3.05) is 10.6 Å². The highest BCUT2D eigenvalue weighted by molar-refractivity contribution is 6.30. The van der Waals surface area contributed by atoms with Gasteiger partial charge in [-0.05, 0) is 73.2 Å². The number of hydrogen-bond acceptors (Lipinski definition) is 3. The number of aromatic nitrogens is 1. The minimum atomic E-state index is -4.52. The van der Waals surface area contributed by atoms with Crippen LogP contribution >= 0.6 is 11.6 Å². The first-order valence-corrected chi connectivity index (χ1v) is 9.99. The maximum absolute atomic E-state index is 12.9. The van der Waals surface area contributed by atoms with Crippen molar-refractivity contribution in [2.45, 2.75) is 13.1 Å². The van der Waals surface area contributed by atoms with Gasteiger partial charge in [0.1, 0.15) is 5.82 Å². The molecular formula is C24H17ClF3N3O. The van der Waals surface area contributed by atoms with Gasteiger partial charge in [-0.3, -0.25) is 4.79 Å². The Bertz CT molecular complexity index is 1320. The third-order valence-corrected chi connectivity index (χ3v) is 5.06. The molecule has 1 amide bonds. The first-order valence-electron chi connectivity index (χ1n) is 9.62. The summed E-state index contributed by atoms with van der Waals surface area (Å²) in [5, 5.41) is 7.27. The lowest BCUT2D eigenvalue weighted by Crippen LogP contribution is -2.14. The van der Waals surface area contributed by atoms with Crippen LogP contribution in [0, 0.1) is 6.92 Å². The Balaban J connectivity index is 1.57. The zero-order valence-electron chi connectivity index (χ0n) is 16.8. The maximum atomic E-state index is 12.9. The molecule has 0 unspecified atom stereocenters. The number of amides is 1. The largest absolute Gasteiger partial charge is 0.416 e. The van der Waals surface area contributed by atoms with Crippen LogP contribution in [-0.2, 0) is 6.18 Å². The molecule has 0 aliphatic rings. The molecule has 0 radical (unpaired) electrons. The fraction of sp³-hybridized carbons (Fsp3) is 0.0833. The molecule has 1 aromatic heterocycles. The molecule has 0 saturated carbocycles. The molecule has 0 atom stereocenters. The van der Waals surface area contributed by atoms with Crippen molar-refractivity contribution in [1.29, 1.82) is 0 Å². The normalized spacial score (nSPS) is 11.4. The molecular weight excluding hydrogens is 439 g/mol. The molecule has 0 aliphatic carbocycles. The monoisotopic (exact) mass is 455 g/mol. The molecule has 2 N–H and O–H groups in total. The molecule has 0 saturated heterocycles. The first-order chi connectivity index (χ1) is 15.2. The van der Waals surface area contributed by atoms with E-state index in [4.69, 9.17) is 11.6 Å². The molecule has 0 spiro atoms. The average Bonchev–Trinajstić information content (AvgIpc) is 2.74. The summed E-state index contributed by atoms with van der Waals surface area (Å²) >= 11 is 6.02. The summed E-state index contributed by atoms with van der Waals surface area (Å²) in [4.78, 5) is 17.1. The minimum Gasteiger partial charge on any atom is -0.340 e. The van der Waals surface area contributed by atoms with E-state index in [1.807, 2.05) is 25.1 Å². The van der Waals surface area contributed by atoms with E-state index in [2.05, 4.69) is 15.6 Å². The van der Waals surface area contributed by atoms with Gasteiger partial charge in [0.25, 0.3) is 5.91 Å². The Hall–Kier alpha value is -3.58. The Morgan fingerprint density at radius 2 is 1.72 bits per heavy atom. The SMILES string of the molecule is Cc1cc(Nc2cccc(Cl)c2)nc2ccc(NC(=O)c3cccc(C(F)(F)F)c3)cc12. The minimum absolute atomic E-state index is 0.0733. The molecule has 162 valence electrons. The van der Waals surface area contributed by atoms with Gasteiger partial charge in [0.05, 0.1) is 11.1 Å². The van der Waals surface area contributed by atoms with E-state index in [9.17, 15) is 18.0 Å². The second-order valence-corrected chi connectivity index (χ2v) is 7.66. The number of alkyl halides is 3. The van der Waals surface area contributed by atoms with Gasteiger partial charge < -0.3 is 10.6 Å². The van der Waals surface area contributed by atoms with Crippen molar-refractivity contribution < 1.29 is 18.0 Å². The number of halogens is 4. The molecule has 4 nitrogen and oxygen atoms in total. The molecule has 32 heavy (non-hydrogen) atoms. The number of fused-ring (bicyclic) bond motifs is 1. The van der Waals surface area contributed by atoms with Gasteiger partial charge >= 0.3 is 6.18 Å². The molecule has 3 aromatic carbocycles. The summed E-state index contributed by atoms with van der Waals surface area (Å²) in [5.41, 5.74) is 1.93. The third-order valence-electron chi connectivity index (χ3n) is 4.82. The number of carbonyl (C=O) groups excluding carboxylic acids is 1. The summed E-state index contributed by atoms with van der Waals surface area (Å²) in [6.07, 6.45) is -4.52. The number of aryl methyl sites for hydroxylation is 1. The second kappa shape index (κ2) is 8.51. The molecule has 0 fully saturated rings. The van der Waals surface area contributed by atoms with Gasteiger partial charge in [0.15, 0.2) is 0 Å². The van der Waals surface area contributed by atoms with Gasteiger partial charge in [-0.25, -0.2) is 4.98 Å². The van der Waals surface area contributed by atoms with Crippen molar-refractivity contribution >= 4 is 45.6 Å². The van der Waals surface area contributed by atoms with E-state index in [-0.39, 0.29) is 5.56 Å². The van der Waals surface area contributed by atoms with E-state index in [1.165, 1.54) is 12.1 Å². The fourth-order valence-electron chi connectivity index (χ4n) is 3.29. The third kappa shape index (κ3) is 4.84. The lowest BCUT2D eigenvalue weighted by Gasteiger charge is -2.12. The number of hydrogen-bond donors (Lipinski definition) is 2. The fourth-order valence-corrected chi connectivity index (χ4v) is 3.48. The predicted octanol–water partition coefficient (Wildman–Crippen LogP) is 7.21. The number of nitrogens with zero attached hydrogens (tertiary/aromatic N) is 1. The van der Waals surface area contributed by atoms with Gasteiger partial charge in [-0.2, -0.15) is 13.2 Å². The lowest BCUT2D eigenvalue weighted by molar-refractivity contribution is -0.137. The molecule has 1 heterocycles. The highest BCUT2D eigenvalue weighted by Crippen LogP contribution is 2.30. The van der Waals surface area contributed by atoms with Gasteiger partial charge in [0.2, 0.25) is 0 Å². The van der Waals surface area contributed by atoms with Crippen LogP contribution in [-0.4, -0.2) is 10.9 Å². The Labute approximate surface area is 187 Å². The highest BCUT2D eigenvalue weighted by atomic mass is 35.5. The number of anilines is 3. The van der Waals surface area contributed by atoms with E-state index in [0.717, 1.165) is 28.8 Å². The van der Waals surface area contributed by atoms with E-state index < -0.39 is 17.6 Å². The van der Waals surface area contributed by atoms with E-state index >= 15 is 0 Å². The summed E-state index contributed by atoms with van der Waals surface area (Å²) in [5.74, 6) is 0.0123. The molecule has 4 rings (SSSR count). The topological polar surface area (TPSA) is 54.0 Å². The van der Waals surface area contributed by atoms with Crippen LogP contribution in [0.4, 0.5) is 30.4 Å².